The van der Waals surface area contributed by atoms with Gasteiger partial charge >= 0.3 is 0 Å². The van der Waals surface area contributed by atoms with E-state index in [9.17, 15) is 8.78 Å². The highest BCUT2D eigenvalue weighted by Gasteiger charge is 2.33. The van der Waals surface area contributed by atoms with Gasteiger partial charge in [-0.25, -0.2) is 8.78 Å². The Morgan fingerprint density at radius 3 is 2.26 bits per heavy atom. The van der Waals surface area contributed by atoms with Crippen molar-refractivity contribution in [3.63, 3.8) is 0 Å². The van der Waals surface area contributed by atoms with Gasteiger partial charge in [0.2, 0.25) is 0 Å². The normalized spacial score (nSPS) is 14.8. The molecule has 0 amide bonds. The number of anilines is 1. The Bertz CT molecular complexity index is 472. The second-order valence-corrected chi connectivity index (χ2v) is 5.48. The predicted octanol–water partition coefficient (Wildman–Crippen LogP) is 2.87. The average Bonchev–Trinajstić information content (AvgIpc) is 3.09. The average molecular weight is 267 g/mol. The first-order valence-electron chi connectivity index (χ1n) is 6.50. The number of nitrogens with zero attached hydrogens (tertiary/aromatic N) is 1. The molecule has 0 aromatic heterocycles. The fraction of sp³-hybridized carbons (Fsp3) is 0.500. The Labute approximate surface area is 111 Å². The van der Waals surface area contributed by atoms with Crippen LogP contribution in [0.15, 0.2) is 12.1 Å². The third-order valence-electron chi connectivity index (χ3n) is 3.16. The molecule has 0 saturated heterocycles. The number of benzene rings is 1. The van der Waals surface area contributed by atoms with Crippen molar-refractivity contribution in [1.29, 1.82) is 5.41 Å². The second-order valence-electron chi connectivity index (χ2n) is 5.48. The zero-order valence-corrected chi connectivity index (χ0v) is 11.2. The Kier molecular flexibility index (Phi) is 3.73. The molecule has 3 nitrogen and oxygen atoms in total. The van der Waals surface area contributed by atoms with Crippen LogP contribution in [0.4, 0.5) is 14.5 Å². The lowest BCUT2D eigenvalue weighted by Crippen LogP contribution is -2.31. The van der Waals surface area contributed by atoms with Gasteiger partial charge in [0.15, 0.2) is 0 Å². The topological polar surface area (TPSA) is 53.1 Å². The summed E-state index contributed by atoms with van der Waals surface area (Å²) >= 11 is 0. The molecule has 0 spiro atoms. The van der Waals surface area contributed by atoms with E-state index in [4.69, 9.17) is 11.1 Å². The first-order valence-corrected chi connectivity index (χ1v) is 6.50. The zero-order chi connectivity index (χ0) is 14.2. The van der Waals surface area contributed by atoms with Gasteiger partial charge in [-0.2, -0.15) is 0 Å². The van der Waals surface area contributed by atoms with Crippen molar-refractivity contribution >= 4 is 11.5 Å². The molecule has 0 unspecified atom stereocenters. The van der Waals surface area contributed by atoms with Gasteiger partial charge in [0.1, 0.15) is 23.2 Å². The molecule has 19 heavy (non-hydrogen) atoms. The van der Waals surface area contributed by atoms with E-state index < -0.39 is 11.6 Å². The summed E-state index contributed by atoms with van der Waals surface area (Å²) in [6.45, 7) is 4.67. The number of amidine groups is 1. The van der Waals surface area contributed by atoms with Crippen molar-refractivity contribution in [2.24, 2.45) is 11.7 Å². The Hall–Kier alpha value is -1.65. The van der Waals surface area contributed by atoms with Crippen LogP contribution in [0.5, 0.6) is 0 Å². The van der Waals surface area contributed by atoms with Crippen molar-refractivity contribution in [3.05, 3.63) is 29.3 Å². The van der Waals surface area contributed by atoms with E-state index in [0.717, 1.165) is 25.0 Å². The molecule has 1 aromatic rings. The molecule has 0 bridgehead atoms. The standard InChI is InChI=1S/C14H19F2N3/c1-8(2)7-19(10-3-4-10)13-11(15)5-9(14(17)18)6-12(13)16/h5-6,8,10H,3-4,7H2,1-2H3,(H3,17,18). The van der Waals surface area contributed by atoms with Crippen LogP contribution in [0, 0.1) is 23.0 Å². The van der Waals surface area contributed by atoms with Crippen LogP contribution in [0.1, 0.15) is 32.3 Å². The molecule has 1 saturated carbocycles. The van der Waals surface area contributed by atoms with Crippen LogP contribution in [0.3, 0.4) is 0 Å². The minimum Gasteiger partial charge on any atom is -0.384 e. The lowest BCUT2D eigenvalue weighted by molar-refractivity contribution is 0.544. The van der Waals surface area contributed by atoms with E-state index in [1.807, 2.05) is 13.8 Å². The highest BCUT2D eigenvalue weighted by Crippen LogP contribution is 2.35. The van der Waals surface area contributed by atoms with Crippen LogP contribution < -0.4 is 10.6 Å². The molecule has 2 rings (SSSR count). The van der Waals surface area contributed by atoms with Crippen LogP contribution >= 0.6 is 0 Å². The molecule has 1 aliphatic rings. The summed E-state index contributed by atoms with van der Waals surface area (Å²) < 4.78 is 28.3. The maximum absolute atomic E-state index is 14.1. The summed E-state index contributed by atoms with van der Waals surface area (Å²) in [6, 6.07) is 2.50. The van der Waals surface area contributed by atoms with E-state index in [1.54, 1.807) is 4.90 Å². The van der Waals surface area contributed by atoms with Crippen LogP contribution in [-0.4, -0.2) is 18.4 Å². The molecule has 0 aliphatic heterocycles. The SMILES string of the molecule is CC(C)CN(c1c(F)cc(C(=N)N)cc1F)C1CC1. The third kappa shape index (κ3) is 3.03. The third-order valence-corrected chi connectivity index (χ3v) is 3.16. The van der Waals surface area contributed by atoms with Crippen molar-refractivity contribution in [3.8, 4) is 0 Å². The highest BCUT2D eigenvalue weighted by molar-refractivity contribution is 5.95. The van der Waals surface area contributed by atoms with E-state index in [1.165, 1.54) is 0 Å². The van der Waals surface area contributed by atoms with E-state index in [0.29, 0.717) is 12.5 Å². The summed E-state index contributed by atoms with van der Waals surface area (Å²) in [7, 11) is 0. The van der Waals surface area contributed by atoms with Crippen molar-refractivity contribution < 1.29 is 8.78 Å². The molecule has 3 N–H and O–H groups in total. The Morgan fingerprint density at radius 2 is 1.89 bits per heavy atom. The molecule has 0 radical (unpaired) electrons. The molecule has 1 aromatic carbocycles. The Balaban J connectivity index is 2.39. The first kappa shape index (κ1) is 13.8. The number of hydrogen-bond donors (Lipinski definition) is 2. The Morgan fingerprint density at radius 1 is 1.37 bits per heavy atom. The number of hydrogen-bond acceptors (Lipinski definition) is 2. The van der Waals surface area contributed by atoms with Crippen molar-refractivity contribution in [2.75, 3.05) is 11.4 Å². The van der Waals surface area contributed by atoms with Gasteiger partial charge in [-0.15, -0.1) is 0 Å². The molecule has 1 fully saturated rings. The highest BCUT2D eigenvalue weighted by atomic mass is 19.1. The van der Waals surface area contributed by atoms with E-state index in [-0.39, 0.29) is 23.1 Å². The second kappa shape index (κ2) is 5.15. The van der Waals surface area contributed by atoms with E-state index in [2.05, 4.69) is 0 Å². The minimum atomic E-state index is -0.641. The largest absolute Gasteiger partial charge is 0.384 e. The molecule has 0 heterocycles. The van der Waals surface area contributed by atoms with E-state index >= 15 is 0 Å². The monoisotopic (exact) mass is 267 g/mol. The maximum Gasteiger partial charge on any atom is 0.150 e. The van der Waals surface area contributed by atoms with Gasteiger partial charge in [0.05, 0.1) is 0 Å². The number of nitrogen functional groups attached to an aromatic ring is 1. The summed E-state index contributed by atoms with van der Waals surface area (Å²) in [6.07, 6.45) is 1.94. The molecule has 5 heteroatoms. The lowest BCUT2D eigenvalue weighted by atomic mass is 10.1. The molecular weight excluding hydrogens is 248 g/mol. The van der Waals surface area contributed by atoms with Gasteiger partial charge in [-0.1, -0.05) is 13.8 Å². The fourth-order valence-corrected chi connectivity index (χ4v) is 2.20. The summed E-state index contributed by atoms with van der Waals surface area (Å²) in [4.78, 5) is 1.80. The lowest BCUT2D eigenvalue weighted by Gasteiger charge is -2.27. The number of rotatable bonds is 5. The first-order chi connectivity index (χ1) is 8.90. The number of halogens is 2. The molecule has 104 valence electrons. The van der Waals surface area contributed by atoms with Gasteiger partial charge in [-0.3, -0.25) is 5.41 Å². The van der Waals surface area contributed by atoms with Crippen molar-refractivity contribution in [1.82, 2.24) is 0 Å². The summed E-state index contributed by atoms with van der Waals surface area (Å²) in [5, 5.41) is 7.25. The summed E-state index contributed by atoms with van der Waals surface area (Å²) in [5.41, 5.74) is 5.36. The quantitative estimate of drug-likeness (QED) is 0.636. The molecule has 0 atom stereocenters. The zero-order valence-electron chi connectivity index (χ0n) is 11.2. The predicted molar refractivity (Wildman–Crippen MR) is 72.6 cm³/mol. The molecule has 1 aliphatic carbocycles. The van der Waals surface area contributed by atoms with Gasteiger partial charge in [0, 0.05) is 18.2 Å². The summed E-state index contributed by atoms with van der Waals surface area (Å²) in [5.74, 6) is -1.28. The molecular formula is C14H19F2N3. The smallest absolute Gasteiger partial charge is 0.150 e. The number of nitrogens with one attached hydrogen (secondary N) is 1. The van der Waals surface area contributed by atoms with Crippen molar-refractivity contribution in [2.45, 2.75) is 32.7 Å². The van der Waals surface area contributed by atoms with Gasteiger partial charge in [-0.05, 0) is 30.9 Å². The van der Waals surface area contributed by atoms with Crippen LogP contribution in [0.25, 0.3) is 0 Å². The number of nitrogens with two attached hydrogens (primary N) is 1. The fourth-order valence-electron chi connectivity index (χ4n) is 2.20. The van der Waals surface area contributed by atoms with Gasteiger partial charge < -0.3 is 10.6 Å². The maximum atomic E-state index is 14.1. The van der Waals surface area contributed by atoms with Gasteiger partial charge in [0.25, 0.3) is 0 Å². The minimum absolute atomic E-state index is 0.0150. The van der Waals surface area contributed by atoms with Crippen LogP contribution in [-0.2, 0) is 0 Å². The van der Waals surface area contributed by atoms with Crippen LogP contribution in [0.2, 0.25) is 0 Å².